The predicted octanol–water partition coefficient (Wildman–Crippen LogP) is 3.71. The molecule has 0 aliphatic rings. The third kappa shape index (κ3) is 3.07. The SMILES string of the molecule is Cc1cc(Br)cc([N+](=O)[O-])c1Oc1nc(N)c(F)cc1F. The number of nitrogens with zero attached hydrogens (tertiary/aromatic N) is 2. The molecule has 2 aromatic rings. The molecular weight excluding hydrogens is 352 g/mol. The number of hydrogen-bond donors (Lipinski definition) is 1. The third-order valence-corrected chi connectivity index (χ3v) is 3.00. The highest BCUT2D eigenvalue weighted by molar-refractivity contribution is 9.10. The van der Waals surface area contributed by atoms with E-state index in [9.17, 15) is 18.9 Å². The lowest BCUT2D eigenvalue weighted by Gasteiger charge is -2.10. The Balaban J connectivity index is 2.54. The zero-order valence-corrected chi connectivity index (χ0v) is 12.1. The molecule has 21 heavy (non-hydrogen) atoms. The molecule has 110 valence electrons. The molecule has 2 rings (SSSR count). The van der Waals surface area contributed by atoms with Crippen molar-refractivity contribution in [2.45, 2.75) is 6.92 Å². The fraction of sp³-hybridized carbons (Fsp3) is 0.0833. The molecule has 6 nitrogen and oxygen atoms in total. The number of benzene rings is 1. The van der Waals surface area contributed by atoms with Crippen molar-refractivity contribution in [1.82, 2.24) is 4.98 Å². The summed E-state index contributed by atoms with van der Waals surface area (Å²) in [5, 5.41) is 11.0. The van der Waals surface area contributed by atoms with Gasteiger partial charge in [0.2, 0.25) is 5.75 Å². The molecule has 0 atom stereocenters. The van der Waals surface area contributed by atoms with E-state index in [2.05, 4.69) is 20.9 Å². The van der Waals surface area contributed by atoms with Gasteiger partial charge in [-0.15, -0.1) is 0 Å². The molecule has 0 fully saturated rings. The van der Waals surface area contributed by atoms with Crippen LogP contribution in [0, 0.1) is 28.7 Å². The van der Waals surface area contributed by atoms with Gasteiger partial charge in [0.05, 0.1) is 4.92 Å². The van der Waals surface area contributed by atoms with Gasteiger partial charge in [-0.2, -0.15) is 4.98 Å². The monoisotopic (exact) mass is 359 g/mol. The molecule has 0 aliphatic heterocycles. The molecule has 0 saturated heterocycles. The third-order valence-electron chi connectivity index (χ3n) is 2.54. The number of aromatic nitrogens is 1. The lowest BCUT2D eigenvalue weighted by molar-refractivity contribution is -0.385. The number of rotatable bonds is 3. The predicted molar refractivity (Wildman–Crippen MR) is 74.2 cm³/mol. The Labute approximate surface area is 125 Å². The van der Waals surface area contributed by atoms with Crippen LogP contribution in [0.2, 0.25) is 0 Å². The lowest BCUT2D eigenvalue weighted by atomic mass is 10.2. The first-order valence-electron chi connectivity index (χ1n) is 5.53. The summed E-state index contributed by atoms with van der Waals surface area (Å²) in [4.78, 5) is 13.7. The van der Waals surface area contributed by atoms with Crippen molar-refractivity contribution in [3.8, 4) is 11.6 Å². The highest BCUT2D eigenvalue weighted by atomic mass is 79.9. The molecule has 9 heteroatoms. The topological polar surface area (TPSA) is 91.3 Å². The van der Waals surface area contributed by atoms with Crippen LogP contribution >= 0.6 is 15.9 Å². The summed E-state index contributed by atoms with van der Waals surface area (Å²) in [6.45, 7) is 1.54. The lowest BCUT2D eigenvalue weighted by Crippen LogP contribution is -2.02. The fourth-order valence-electron chi connectivity index (χ4n) is 1.61. The first-order valence-corrected chi connectivity index (χ1v) is 6.32. The number of anilines is 1. The van der Waals surface area contributed by atoms with E-state index in [1.54, 1.807) is 6.07 Å². The smallest absolute Gasteiger partial charge is 0.313 e. The highest BCUT2D eigenvalue weighted by Crippen LogP contribution is 2.37. The molecule has 1 aromatic carbocycles. The number of nitro groups is 1. The van der Waals surface area contributed by atoms with Gasteiger partial charge in [0.25, 0.3) is 5.88 Å². The number of hydrogen-bond acceptors (Lipinski definition) is 5. The average molecular weight is 360 g/mol. The second-order valence-corrected chi connectivity index (χ2v) is 4.99. The van der Waals surface area contributed by atoms with E-state index in [0.29, 0.717) is 16.1 Å². The minimum atomic E-state index is -1.11. The maximum Gasteiger partial charge on any atom is 0.313 e. The maximum absolute atomic E-state index is 13.6. The van der Waals surface area contributed by atoms with Gasteiger partial charge in [0, 0.05) is 22.2 Å². The number of nitrogen functional groups attached to an aromatic ring is 1. The first-order chi connectivity index (χ1) is 9.79. The number of pyridine rings is 1. The van der Waals surface area contributed by atoms with Crippen LogP contribution in [0.5, 0.6) is 11.6 Å². The number of nitrogens with two attached hydrogens (primary N) is 1. The molecule has 1 heterocycles. The minimum Gasteiger partial charge on any atom is -0.429 e. The second kappa shape index (κ2) is 5.60. The first kappa shape index (κ1) is 15.1. The summed E-state index contributed by atoms with van der Waals surface area (Å²) in [5.74, 6) is -3.55. The minimum absolute atomic E-state index is 0.194. The van der Waals surface area contributed by atoms with E-state index in [4.69, 9.17) is 10.5 Å². The fourth-order valence-corrected chi connectivity index (χ4v) is 2.17. The number of ether oxygens (including phenoxy) is 1. The van der Waals surface area contributed by atoms with Crippen molar-refractivity contribution in [2.75, 3.05) is 5.73 Å². The van der Waals surface area contributed by atoms with Crippen molar-refractivity contribution in [1.29, 1.82) is 0 Å². The van der Waals surface area contributed by atoms with Gasteiger partial charge in [0.15, 0.2) is 17.5 Å². The Hall–Kier alpha value is -2.29. The zero-order chi connectivity index (χ0) is 15.7. The maximum atomic E-state index is 13.6. The van der Waals surface area contributed by atoms with E-state index in [0.717, 1.165) is 0 Å². The van der Waals surface area contributed by atoms with Crippen LogP contribution in [-0.4, -0.2) is 9.91 Å². The van der Waals surface area contributed by atoms with Crippen molar-refractivity contribution in [3.63, 3.8) is 0 Å². The molecule has 0 spiro atoms. The Bertz CT molecular complexity index is 740. The molecule has 0 amide bonds. The summed E-state index contributed by atoms with van der Waals surface area (Å²) in [6.07, 6.45) is 0. The highest BCUT2D eigenvalue weighted by Gasteiger charge is 2.22. The van der Waals surface area contributed by atoms with Gasteiger partial charge >= 0.3 is 5.69 Å². The summed E-state index contributed by atoms with van der Waals surface area (Å²) in [7, 11) is 0. The molecule has 2 N–H and O–H groups in total. The second-order valence-electron chi connectivity index (χ2n) is 4.07. The zero-order valence-electron chi connectivity index (χ0n) is 10.6. The molecule has 0 saturated carbocycles. The van der Waals surface area contributed by atoms with Crippen molar-refractivity contribution < 1.29 is 18.4 Å². The van der Waals surface area contributed by atoms with E-state index >= 15 is 0 Å². The Morgan fingerprint density at radius 1 is 1.33 bits per heavy atom. The Morgan fingerprint density at radius 3 is 2.62 bits per heavy atom. The van der Waals surface area contributed by atoms with Gasteiger partial charge < -0.3 is 10.5 Å². The van der Waals surface area contributed by atoms with Crippen LogP contribution in [0.4, 0.5) is 20.3 Å². The van der Waals surface area contributed by atoms with Gasteiger partial charge in [0.1, 0.15) is 0 Å². The van der Waals surface area contributed by atoms with Crippen LogP contribution in [0.15, 0.2) is 22.7 Å². The van der Waals surface area contributed by atoms with E-state index < -0.39 is 28.3 Å². The van der Waals surface area contributed by atoms with Crippen LogP contribution < -0.4 is 10.5 Å². The number of aryl methyl sites for hydroxylation is 1. The molecule has 1 aromatic heterocycles. The van der Waals surface area contributed by atoms with Gasteiger partial charge in [-0.1, -0.05) is 15.9 Å². The van der Waals surface area contributed by atoms with Crippen LogP contribution in [0.1, 0.15) is 5.56 Å². The quantitative estimate of drug-likeness (QED) is 0.666. The average Bonchev–Trinajstić information content (AvgIpc) is 2.38. The molecule has 0 unspecified atom stereocenters. The summed E-state index contributed by atoms with van der Waals surface area (Å²) in [5.41, 5.74) is 5.22. The summed E-state index contributed by atoms with van der Waals surface area (Å²) in [6, 6.07) is 3.25. The van der Waals surface area contributed by atoms with E-state index in [1.807, 2.05) is 0 Å². The Kier molecular flexibility index (Phi) is 4.03. The Morgan fingerprint density at radius 2 is 2.00 bits per heavy atom. The van der Waals surface area contributed by atoms with Gasteiger partial charge in [-0.05, 0) is 13.0 Å². The molecular formula is C12H8BrF2N3O3. The standard InChI is InChI=1S/C12H8BrF2N3O3/c1-5-2-6(13)3-9(18(19)20)10(5)21-12-8(15)4-7(14)11(16)17-12/h2-4H,1H3,(H2,16,17). The van der Waals surface area contributed by atoms with Gasteiger partial charge in [-0.3, -0.25) is 10.1 Å². The van der Waals surface area contributed by atoms with Crippen molar-refractivity contribution in [3.05, 3.63) is 50.0 Å². The molecule has 0 aliphatic carbocycles. The van der Waals surface area contributed by atoms with E-state index in [1.165, 1.54) is 13.0 Å². The molecule has 0 bridgehead atoms. The van der Waals surface area contributed by atoms with Crippen LogP contribution in [0.25, 0.3) is 0 Å². The normalized spacial score (nSPS) is 10.5. The van der Waals surface area contributed by atoms with E-state index in [-0.39, 0.29) is 11.4 Å². The van der Waals surface area contributed by atoms with Crippen LogP contribution in [0.3, 0.4) is 0 Å². The van der Waals surface area contributed by atoms with Crippen molar-refractivity contribution in [2.24, 2.45) is 0 Å². The summed E-state index contributed by atoms with van der Waals surface area (Å²) >= 11 is 3.12. The largest absolute Gasteiger partial charge is 0.429 e. The molecule has 0 radical (unpaired) electrons. The number of halogens is 3. The van der Waals surface area contributed by atoms with Crippen molar-refractivity contribution >= 4 is 27.4 Å². The van der Waals surface area contributed by atoms with Crippen LogP contribution in [-0.2, 0) is 0 Å². The number of nitro benzene ring substituents is 1. The van der Waals surface area contributed by atoms with Gasteiger partial charge in [-0.25, -0.2) is 8.78 Å². The summed E-state index contributed by atoms with van der Waals surface area (Å²) < 4.78 is 32.2.